The first-order valence-electron chi connectivity index (χ1n) is 6.25. The summed E-state index contributed by atoms with van der Waals surface area (Å²) in [5.41, 5.74) is 2.17. The highest BCUT2D eigenvalue weighted by Crippen LogP contribution is 2.26. The summed E-state index contributed by atoms with van der Waals surface area (Å²) < 4.78 is 5.44. The standard InChI is InChI=1S/C14H13N3O2S/c1-9-16-17-14(20-9)15-13(18)5-3-10-2-4-12-11(8-10)6-7-19-12/h2-5,8H,6-7H2,1H3,(H,15,17,18)/b5-3+. The Balaban J connectivity index is 1.66. The molecule has 1 amide bonds. The predicted molar refractivity (Wildman–Crippen MR) is 78.0 cm³/mol. The first-order valence-corrected chi connectivity index (χ1v) is 7.07. The Hall–Kier alpha value is -2.21. The zero-order chi connectivity index (χ0) is 13.9. The first-order chi connectivity index (χ1) is 9.70. The summed E-state index contributed by atoms with van der Waals surface area (Å²) in [5.74, 6) is 0.730. The molecule has 1 aromatic carbocycles. The van der Waals surface area contributed by atoms with Gasteiger partial charge in [-0.15, -0.1) is 10.2 Å². The third kappa shape index (κ3) is 2.85. The van der Waals surface area contributed by atoms with E-state index in [0.29, 0.717) is 5.13 Å². The van der Waals surface area contributed by atoms with Crippen LogP contribution in [0.2, 0.25) is 0 Å². The molecule has 0 saturated carbocycles. The van der Waals surface area contributed by atoms with E-state index in [0.717, 1.165) is 29.3 Å². The van der Waals surface area contributed by atoms with Gasteiger partial charge in [0.2, 0.25) is 11.0 Å². The van der Waals surface area contributed by atoms with Crippen LogP contribution in [0, 0.1) is 6.92 Å². The van der Waals surface area contributed by atoms with Crippen LogP contribution in [0.3, 0.4) is 0 Å². The highest BCUT2D eigenvalue weighted by molar-refractivity contribution is 7.15. The van der Waals surface area contributed by atoms with E-state index in [1.54, 1.807) is 6.08 Å². The monoisotopic (exact) mass is 287 g/mol. The number of rotatable bonds is 3. The highest BCUT2D eigenvalue weighted by Gasteiger charge is 2.11. The second-order valence-corrected chi connectivity index (χ2v) is 5.60. The Bertz CT molecular complexity index is 679. The Morgan fingerprint density at radius 3 is 3.15 bits per heavy atom. The Morgan fingerprint density at radius 2 is 2.35 bits per heavy atom. The number of carbonyl (C=O) groups excluding carboxylic acids is 1. The normalized spacial score (nSPS) is 13.2. The fourth-order valence-corrected chi connectivity index (χ4v) is 2.57. The maximum atomic E-state index is 11.7. The first kappa shape index (κ1) is 12.8. The number of hydrogen-bond acceptors (Lipinski definition) is 5. The minimum absolute atomic E-state index is 0.210. The van der Waals surface area contributed by atoms with Gasteiger partial charge < -0.3 is 4.74 Å². The zero-order valence-corrected chi connectivity index (χ0v) is 11.7. The SMILES string of the molecule is Cc1nnc(NC(=O)/C=C/c2ccc3c(c2)CCO3)s1. The zero-order valence-electron chi connectivity index (χ0n) is 10.9. The molecule has 0 aliphatic carbocycles. The highest BCUT2D eigenvalue weighted by atomic mass is 32.1. The van der Waals surface area contributed by atoms with Crippen molar-refractivity contribution < 1.29 is 9.53 Å². The van der Waals surface area contributed by atoms with Gasteiger partial charge in [0, 0.05) is 12.5 Å². The van der Waals surface area contributed by atoms with Crippen molar-refractivity contribution in [1.29, 1.82) is 0 Å². The van der Waals surface area contributed by atoms with Crippen LogP contribution in [0.4, 0.5) is 5.13 Å². The summed E-state index contributed by atoms with van der Waals surface area (Å²) in [6.45, 7) is 2.58. The van der Waals surface area contributed by atoms with E-state index in [1.165, 1.54) is 23.0 Å². The lowest BCUT2D eigenvalue weighted by molar-refractivity contribution is -0.111. The fraction of sp³-hybridized carbons (Fsp3) is 0.214. The molecule has 1 N–H and O–H groups in total. The van der Waals surface area contributed by atoms with Crippen LogP contribution in [0.1, 0.15) is 16.1 Å². The third-order valence-corrected chi connectivity index (χ3v) is 3.65. The molecular weight excluding hydrogens is 274 g/mol. The van der Waals surface area contributed by atoms with E-state index in [9.17, 15) is 4.79 Å². The smallest absolute Gasteiger partial charge is 0.250 e. The second kappa shape index (κ2) is 5.42. The van der Waals surface area contributed by atoms with Crippen LogP contribution in [0.5, 0.6) is 5.75 Å². The maximum Gasteiger partial charge on any atom is 0.250 e. The molecule has 5 nitrogen and oxygen atoms in total. The third-order valence-electron chi connectivity index (χ3n) is 2.90. The minimum atomic E-state index is -0.210. The molecular formula is C14H13N3O2S. The molecule has 6 heteroatoms. The number of aromatic nitrogens is 2. The van der Waals surface area contributed by atoms with Crippen molar-refractivity contribution in [2.45, 2.75) is 13.3 Å². The molecule has 102 valence electrons. The van der Waals surface area contributed by atoms with Gasteiger partial charge in [0.15, 0.2) is 0 Å². The molecule has 0 spiro atoms. The van der Waals surface area contributed by atoms with E-state index < -0.39 is 0 Å². The molecule has 3 rings (SSSR count). The molecule has 0 bridgehead atoms. The number of hydrogen-bond donors (Lipinski definition) is 1. The average Bonchev–Trinajstić information content (AvgIpc) is 3.04. The molecule has 2 aromatic rings. The molecule has 0 fully saturated rings. The van der Waals surface area contributed by atoms with Crippen LogP contribution < -0.4 is 10.1 Å². The van der Waals surface area contributed by atoms with Gasteiger partial charge in [0.1, 0.15) is 10.8 Å². The van der Waals surface area contributed by atoms with E-state index >= 15 is 0 Å². The summed E-state index contributed by atoms with van der Waals surface area (Å²) in [6, 6.07) is 5.91. The van der Waals surface area contributed by atoms with Crippen molar-refractivity contribution in [2.75, 3.05) is 11.9 Å². The van der Waals surface area contributed by atoms with E-state index in [4.69, 9.17) is 4.74 Å². The van der Waals surface area contributed by atoms with E-state index in [2.05, 4.69) is 15.5 Å². The number of anilines is 1. The lowest BCUT2D eigenvalue weighted by atomic mass is 10.1. The molecule has 1 aliphatic heterocycles. The molecule has 0 radical (unpaired) electrons. The molecule has 0 unspecified atom stereocenters. The van der Waals surface area contributed by atoms with Crippen molar-refractivity contribution in [1.82, 2.24) is 10.2 Å². The molecule has 1 aromatic heterocycles. The number of benzene rings is 1. The summed E-state index contributed by atoms with van der Waals surface area (Å²) >= 11 is 1.35. The number of nitrogens with zero attached hydrogens (tertiary/aromatic N) is 2. The van der Waals surface area contributed by atoms with E-state index in [-0.39, 0.29) is 5.91 Å². The molecule has 0 atom stereocenters. The lowest BCUT2D eigenvalue weighted by Crippen LogP contribution is -2.07. The molecule has 1 aliphatic rings. The predicted octanol–water partition coefficient (Wildman–Crippen LogP) is 2.43. The number of amides is 1. The van der Waals surface area contributed by atoms with Gasteiger partial charge in [-0.05, 0) is 36.3 Å². The Labute approximate surface area is 120 Å². The van der Waals surface area contributed by atoms with Crippen LogP contribution in [0.15, 0.2) is 24.3 Å². The van der Waals surface area contributed by atoms with Crippen LogP contribution in [0.25, 0.3) is 6.08 Å². The summed E-state index contributed by atoms with van der Waals surface area (Å²) in [4.78, 5) is 11.7. The minimum Gasteiger partial charge on any atom is -0.493 e. The number of nitrogens with one attached hydrogen (secondary N) is 1. The van der Waals surface area contributed by atoms with Gasteiger partial charge in [-0.25, -0.2) is 0 Å². The van der Waals surface area contributed by atoms with Crippen LogP contribution in [-0.2, 0) is 11.2 Å². The van der Waals surface area contributed by atoms with E-state index in [1.807, 2.05) is 25.1 Å². The van der Waals surface area contributed by atoms with Gasteiger partial charge in [-0.2, -0.15) is 0 Å². The molecule has 2 heterocycles. The average molecular weight is 287 g/mol. The van der Waals surface area contributed by atoms with Crippen molar-refractivity contribution in [2.24, 2.45) is 0 Å². The van der Waals surface area contributed by atoms with Crippen molar-refractivity contribution in [3.63, 3.8) is 0 Å². The maximum absolute atomic E-state index is 11.7. The van der Waals surface area contributed by atoms with Crippen molar-refractivity contribution in [3.05, 3.63) is 40.4 Å². The molecule has 0 saturated heterocycles. The van der Waals surface area contributed by atoms with Crippen molar-refractivity contribution >= 4 is 28.5 Å². The fourth-order valence-electron chi connectivity index (χ4n) is 1.98. The summed E-state index contributed by atoms with van der Waals surface area (Å²) in [6.07, 6.45) is 4.20. The number of aryl methyl sites for hydroxylation is 1. The largest absolute Gasteiger partial charge is 0.493 e. The Morgan fingerprint density at radius 1 is 1.45 bits per heavy atom. The van der Waals surface area contributed by atoms with Gasteiger partial charge in [-0.1, -0.05) is 17.4 Å². The second-order valence-electron chi connectivity index (χ2n) is 4.41. The van der Waals surface area contributed by atoms with Gasteiger partial charge in [0.25, 0.3) is 0 Å². The number of carbonyl (C=O) groups is 1. The summed E-state index contributed by atoms with van der Waals surface area (Å²) in [5, 5.41) is 11.7. The lowest BCUT2D eigenvalue weighted by Gasteiger charge is -1.99. The van der Waals surface area contributed by atoms with Gasteiger partial charge in [0.05, 0.1) is 6.61 Å². The topological polar surface area (TPSA) is 64.1 Å². The number of fused-ring (bicyclic) bond motifs is 1. The van der Waals surface area contributed by atoms with Crippen molar-refractivity contribution in [3.8, 4) is 5.75 Å². The van der Waals surface area contributed by atoms with Crippen LogP contribution in [-0.4, -0.2) is 22.7 Å². The quantitative estimate of drug-likeness (QED) is 0.881. The molecule has 20 heavy (non-hydrogen) atoms. The van der Waals surface area contributed by atoms with Gasteiger partial charge >= 0.3 is 0 Å². The van der Waals surface area contributed by atoms with Crippen LogP contribution >= 0.6 is 11.3 Å². The Kier molecular flexibility index (Phi) is 3.47. The van der Waals surface area contributed by atoms with Gasteiger partial charge in [-0.3, -0.25) is 10.1 Å². The summed E-state index contributed by atoms with van der Waals surface area (Å²) in [7, 11) is 0. The number of ether oxygens (including phenoxy) is 1.